The van der Waals surface area contributed by atoms with Gasteiger partial charge in [-0.2, -0.15) is 4.98 Å². The van der Waals surface area contributed by atoms with Gasteiger partial charge in [-0.05, 0) is 24.1 Å². The van der Waals surface area contributed by atoms with E-state index in [0.717, 1.165) is 12.0 Å². The van der Waals surface area contributed by atoms with Gasteiger partial charge in [0.2, 0.25) is 5.82 Å². The molecular weight excluding hydrogens is 359 g/mol. The van der Waals surface area contributed by atoms with Gasteiger partial charge < -0.3 is 9.26 Å². The molecule has 0 aliphatic heterocycles. The number of aryl methyl sites for hydroxylation is 1. The molecular formula is C19H16ClFN2O3. The average molecular weight is 375 g/mol. The fourth-order valence-corrected chi connectivity index (χ4v) is 2.59. The van der Waals surface area contributed by atoms with E-state index in [1.807, 2.05) is 24.3 Å². The van der Waals surface area contributed by atoms with E-state index in [1.165, 1.54) is 23.8 Å². The lowest BCUT2D eigenvalue weighted by Gasteiger charge is -2.05. The van der Waals surface area contributed by atoms with Crippen molar-refractivity contribution in [2.45, 2.75) is 26.4 Å². The molecule has 0 saturated carbocycles. The van der Waals surface area contributed by atoms with Crippen molar-refractivity contribution in [1.29, 1.82) is 0 Å². The molecule has 1 heterocycles. The number of carbonyl (C=O) groups is 1. The normalized spacial score (nSPS) is 10.7. The van der Waals surface area contributed by atoms with E-state index < -0.39 is 11.8 Å². The smallest absolute Gasteiger partial charge is 0.310 e. The monoisotopic (exact) mass is 374 g/mol. The van der Waals surface area contributed by atoms with E-state index in [1.54, 1.807) is 0 Å². The van der Waals surface area contributed by atoms with E-state index in [-0.39, 0.29) is 29.5 Å². The lowest BCUT2D eigenvalue weighted by molar-refractivity contribution is -0.144. The van der Waals surface area contributed by atoms with Gasteiger partial charge in [0.1, 0.15) is 5.82 Å². The van der Waals surface area contributed by atoms with Crippen LogP contribution in [-0.4, -0.2) is 16.1 Å². The standard InChI is InChI=1S/C19H16ClFN2O3/c1-2-12-6-8-13(9-7-12)19-22-17(26-23-19)11-25-18(24)10-14-15(20)4-3-5-16(14)21/h3-9H,2,10-11H2,1H3. The van der Waals surface area contributed by atoms with Crippen LogP contribution in [0.2, 0.25) is 5.02 Å². The molecule has 3 aromatic rings. The molecule has 0 saturated heterocycles. The summed E-state index contributed by atoms with van der Waals surface area (Å²) in [5.74, 6) is -0.613. The van der Waals surface area contributed by atoms with Gasteiger partial charge in [0.15, 0.2) is 6.61 Å². The first-order chi connectivity index (χ1) is 12.6. The summed E-state index contributed by atoms with van der Waals surface area (Å²) in [4.78, 5) is 16.1. The van der Waals surface area contributed by atoms with E-state index in [0.29, 0.717) is 5.82 Å². The number of nitrogens with zero attached hydrogens (tertiary/aromatic N) is 2. The van der Waals surface area contributed by atoms with E-state index in [9.17, 15) is 9.18 Å². The van der Waals surface area contributed by atoms with Crippen LogP contribution in [-0.2, 0) is 29.0 Å². The number of carbonyl (C=O) groups excluding carboxylic acids is 1. The molecule has 1 aromatic heterocycles. The summed E-state index contributed by atoms with van der Waals surface area (Å²) >= 11 is 5.89. The second kappa shape index (κ2) is 8.10. The zero-order valence-corrected chi connectivity index (χ0v) is 14.8. The average Bonchev–Trinajstić information content (AvgIpc) is 3.12. The van der Waals surface area contributed by atoms with Crippen LogP contribution >= 0.6 is 11.6 Å². The Hall–Kier alpha value is -2.73. The number of ether oxygens (including phenoxy) is 1. The summed E-state index contributed by atoms with van der Waals surface area (Å²) in [6.07, 6.45) is 0.671. The highest BCUT2D eigenvalue weighted by molar-refractivity contribution is 6.31. The third kappa shape index (κ3) is 4.26. The number of aromatic nitrogens is 2. The lowest BCUT2D eigenvalue weighted by Crippen LogP contribution is -2.09. The fraction of sp³-hybridized carbons (Fsp3) is 0.211. The van der Waals surface area contributed by atoms with Crippen molar-refractivity contribution in [3.63, 3.8) is 0 Å². The van der Waals surface area contributed by atoms with E-state index >= 15 is 0 Å². The maximum atomic E-state index is 13.7. The number of benzene rings is 2. The second-order valence-electron chi connectivity index (χ2n) is 5.60. The minimum absolute atomic E-state index is 0.0985. The van der Waals surface area contributed by atoms with Crippen LogP contribution in [0.3, 0.4) is 0 Å². The zero-order chi connectivity index (χ0) is 18.5. The molecule has 0 fully saturated rings. The molecule has 0 N–H and O–H groups in total. The van der Waals surface area contributed by atoms with Gasteiger partial charge in [-0.1, -0.05) is 54.0 Å². The fourth-order valence-electron chi connectivity index (χ4n) is 2.36. The van der Waals surface area contributed by atoms with Crippen molar-refractivity contribution in [2.24, 2.45) is 0 Å². The topological polar surface area (TPSA) is 65.2 Å². The molecule has 0 amide bonds. The van der Waals surface area contributed by atoms with Gasteiger partial charge in [0, 0.05) is 16.1 Å². The summed E-state index contributed by atoms with van der Waals surface area (Å²) in [5.41, 5.74) is 2.11. The van der Waals surface area contributed by atoms with Crippen molar-refractivity contribution in [3.8, 4) is 11.4 Å². The molecule has 0 aliphatic carbocycles. The Morgan fingerprint density at radius 2 is 2.00 bits per heavy atom. The van der Waals surface area contributed by atoms with Crippen LogP contribution in [0.15, 0.2) is 47.0 Å². The molecule has 0 aliphatic rings. The molecule has 5 nitrogen and oxygen atoms in total. The Kier molecular flexibility index (Phi) is 5.63. The van der Waals surface area contributed by atoms with Crippen LogP contribution in [0.4, 0.5) is 4.39 Å². The molecule has 0 radical (unpaired) electrons. The molecule has 2 aromatic carbocycles. The van der Waals surface area contributed by atoms with Crippen molar-refractivity contribution in [1.82, 2.24) is 10.1 Å². The number of rotatable bonds is 6. The van der Waals surface area contributed by atoms with Crippen molar-refractivity contribution in [2.75, 3.05) is 0 Å². The van der Waals surface area contributed by atoms with Gasteiger partial charge in [0.05, 0.1) is 6.42 Å². The van der Waals surface area contributed by atoms with Crippen LogP contribution in [0.5, 0.6) is 0 Å². The first-order valence-corrected chi connectivity index (χ1v) is 8.45. The van der Waals surface area contributed by atoms with E-state index in [2.05, 4.69) is 17.1 Å². The predicted octanol–water partition coefficient (Wildman–Crippen LogP) is 4.38. The third-order valence-corrected chi connectivity index (χ3v) is 4.18. The highest BCUT2D eigenvalue weighted by Crippen LogP contribution is 2.20. The van der Waals surface area contributed by atoms with Crippen LogP contribution in [0.25, 0.3) is 11.4 Å². The van der Waals surface area contributed by atoms with Crippen LogP contribution in [0.1, 0.15) is 23.9 Å². The molecule has 7 heteroatoms. The number of halogens is 2. The van der Waals surface area contributed by atoms with Gasteiger partial charge in [-0.3, -0.25) is 4.79 Å². The SMILES string of the molecule is CCc1ccc(-c2noc(COC(=O)Cc3c(F)cccc3Cl)n2)cc1. The molecule has 0 spiro atoms. The molecule has 0 atom stereocenters. The number of hydrogen-bond donors (Lipinski definition) is 0. The Bertz CT molecular complexity index is 889. The van der Waals surface area contributed by atoms with Crippen molar-refractivity contribution in [3.05, 3.63) is 70.3 Å². The lowest BCUT2D eigenvalue weighted by atomic mass is 10.1. The summed E-state index contributed by atoms with van der Waals surface area (Å²) in [6.45, 7) is 1.88. The number of esters is 1. The van der Waals surface area contributed by atoms with Gasteiger partial charge >= 0.3 is 5.97 Å². The Labute approximate surface area is 154 Å². The Morgan fingerprint density at radius 1 is 1.23 bits per heavy atom. The predicted molar refractivity (Wildman–Crippen MR) is 94.0 cm³/mol. The number of hydrogen-bond acceptors (Lipinski definition) is 5. The molecule has 134 valence electrons. The minimum atomic E-state index is -0.635. The zero-order valence-electron chi connectivity index (χ0n) is 14.0. The minimum Gasteiger partial charge on any atom is -0.455 e. The summed E-state index contributed by atoms with van der Waals surface area (Å²) in [5, 5.41) is 4.05. The van der Waals surface area contributed by atoms with Gasteiger partial charge in [-0.15, -0.1) is 0 Å². The van der Waals surface area contributed by atoms with Gasteiger partial charge in [0.25, 0.3) is 5.89 Å². The van der Waals surface area contributed by atoms with Crippen LogP contribution < -0.4 is 0 Å². The van der Waals surface area contributed by atoms with Crippen molar-refractivity contribution >= 4 is 17.6 Å². The highest BCUT2D eigenvalue weighted by Gasteiger charge is 2.15. The maximum Gasteiger partial charge on any atom is 0.310 e. The Balaban J connectivity index is 1.60. The first kappa shape index (κ1) is 18.1. The summed E-state index contributed by atoms with van der Waals surface area (Å²) < 4.78 is 23.8. The summed E-state index contributed by atoms with van der Waals surface area (Å²) in [7, 11) is 0. The maximum absolute atomic E-state index is 13.7. The first-order valence-electron chi connectivity index (χ1n) is 8.07. The van der Waals surface area contributed by atoms with E-state index in [4.69, 9.17) is 20.9 Å². The quantitative estimate of drug-likeness (QED) is 0.599. The summed E-state index contributed by atoms with van der Waals surface area (Å²) in [6, 6.07) is 12.0. The molecule has 3 rings (SSSR count). The van der Waals surface area contributed by atoms with Crippen molar-refractivity contribution < 1.29 is 18.4 Å². The highest BCUT2D eigenvalue weighted by atomic mass is 35.5. The third-order valence-electron chi connectivity index (χ3n) is 3.83. The molecule has 0 bridgehead atoms. The molecule has 0 unspecified atom stereocenters. The Morgan fingerprint density at radius 3 is 2.69 bits per heavy atom. The largest absolute Gasteiger partial charge is 0.455 e. The van der Waals surface area contributed by atoms with Crippen LogP contribution in [0, 0.1) is 5.82 Å². The second-order valence-corrected chi connectivity index (χ2v) is 6.01. The molecule has 26 heavy (non-hydrogen) atoms. The van der Waals surface area contributed by atoms with Gasteiger partial charge in [-0.25, -0.2) is 4.39 Å².